The van der Waals surface area contributed by atoms with Crippen molar-refractivity contribution < 1.29 is 23.0 Å². The molecule has 2 aromatic carbocycles. The van der Waals surface area contributed by atoms with Gasteiger partial charge in [-0.3, -0.25) is 4.79 Å². The molecule has 2 aromatic rings. The van der Waals surface area contributed by atoms with Crippen LogP contribution in [-0.2, 0) is 16.0 Å². The molecular formula is C24H27F2NO3. The lowest BCUT2D eigenvalue weighted by Crippen LogP contribution is -2.43. The standard InChI is InChI=1S/C24H27F2NO3/c1-14-8-15(4-5-21(14)26)20-11-18(25)9-17-10-19(30-22(17)20)13-27-23(28)16-6-7-29-24(2,3)12-16/h4-5,8-9,11,16,19H,6-7,10,12-13H2,1-3H3,(H,27,28). The number of carbonyl (C=O) groups excluding carboxylic acids is 1. The number of halogens is 2. The van der Waals surface area contributed by atoms with Crippen LogP contribution < -0.4 is 10.1 Å². The fourth-order valence-electron chi connectivity index (χ4n) is 4.35. The maximum Gasteiger partial charge on any atom is 0.223 e. The molecule has 4 rings (SSSR count). The normalized spacial score (nSPS) is 22.3. The molecule has 1 saturated heterocycles. The third kappa shape index (κ3) is 4.33. The van der Waals surface area contributed by atoms with Crippen molar-refractivity contribution in [3.8, 4) is 16.9 Å². The third-order valence-corrected chi connectivity index (χ3v) is 5.90. The van der Waals surface area contributed by atoms with Crippen LogP contribution in [0, 0.1) is 24.5 Å². The van der Waals surface area contributed by atoms with E-state index in [1.54, 1.807) is 19.1 Å². The molecule has 160 valence electrons. The minimum Gasteiger partial charge on any atom is -0.487 e. The summed E-state index contributed by atoms with van der Waals surface area (Å²) in [4.78, 5) is 12.6. The molecule has 6 heteroatoms. The number of ether oxygens (including phenoxy) is 2. The number of amides is 1. The van der Waals surface area contributed by atoms with Gasteiger partial charge in [-0.2, -0.15) is 0 Å². The monoisotopic (exact) mass is 415 g/mol. The predicted molar refractivity (Wildman–Crippen MR) is 110 cm³/mol. The first-order chi connectivity index (χ1) is 14.2. The molecule has 2 aliphatic rings. The molecule has 0 bridgehead atoms. The van der Waals surface area contributed by atoms with Crippen molar-refractivity contribution in [2.75, 3.05) is 13.2 Å². The predicted octanol–water partition coefficient (Wildman–Crippen LogP) is 4.57. The topological polar surface area (TPSA) is 47.6 Å². The molecule has 1 N–H and O–H groups in total. The van der Waals surface area contributed by atoms with E-state index in [9.17, 15) is 13.6 Å². The van der Waals surface area contributed by atoms with Crippen molar-refractivity contribution in [1.29, 1.82) is 0 Å². The van der Waals surface area contributed by atoms with Crippen molar-refractivity contribution in [2.24, 2.45) is 5.92 Å². The number of hydrogen-bond acceptors (Lipinski definition) is 3. The first-order valence-electron chi connectivity index (χ1n) is 10.4. The van der Waals surface area contributed by atoms with Gasteiger partial charge in [-0.1, -0.05) is 6.07 Å². The quantitative estimate of drug-likeness (QED) is 0.796. The Kier molecular flexibility index (Phi) is 5.53. The second-order valence-electron chi connectivity index (χ2n) is 8.89. The number of benzene rings is 2. The fourth-order valence-corrected chi connectivity index (χ4v) is 4.35. The molecule has 2 aliphatic heterocycles. The Morgan fingerprint density at radius 2 is 2.03 bits per heavy atom. The van der Waals surface area contributed by atoms with Crippen molar-refractivity contribution in [1.82, 2.24) is 5.32 Å². The van der Waals surface area contributed by atoms with Crippen LogP contribution in [0.25, 0.3) is 11.1 Å². The van der Waals surface area contributed by atoms with E-state index in [4.69, 9.17) is 9.47 Å². The highest BCUT2D eigenvalue weighted by Crippen LogP contribution is 2.40. The first-order valence-corrected chi connectivity index (χ1v) is 10.4. The van der Waals surface area contributed by atoms with Gasteiger partial charge in [-0.05, 0) is 69.0 Å². The highest BCUT2D eigenvalue weighted by molar-refractivity contribution is 5.79. The van der Waals surface area contributed by atoms with E-state index in [1.807, 2.05) is 13.8 Å². The Hall–Kier alpha value is -2.47. The van der Waals surface area contributed by atoms with Gasteiger partial charge in [0, 0.05) is 30.1 Å². The molecule has 1 amide bonds. The number of aryl methyl sites for hydroxylation is 1. The molecule has 30 heavy (non-hydrogen) atoms. The second-order valence-corrected chi connectivity index (χ2v) is 8.89. The number of hydrogen-bond donors (Lipinski definition) is 1. The SMILES string of the molecule is Cc1cc(-c2cc(F)cc3c2OC(CNC(=O)C2CCOC(C)(C)C2)C3)ccc1F. The van der Waals surface area contributed by atoms with Crippen molar-refractivity contribution in [3.63, 3.8) is 0 Å². The summed E-state index contributed by atoms with van der Waals surface area (Å²) in [6, 6.07) is 7.58. The van der Waals surface area contributed by atoms with Gasteiger partial charge >= 0.3 is 0 Å². The Morgan fingerprint density at radius 1 is 1.23 bits per heavy atom. The summed E-state index contributed by atoms with van der Waals surface area (Å²) < 4.78 is 39.7. The van der Waals surface area contributed by atoms with Crippen LogP contribution in [0.15, 0.2) is 30.3 Å². The zero-order valence-corrected chi connectivity index (χ0v) is 17.6. The smallest absolute Gasteiger partial charge is 0.223 e. The van der Waals surface area contributed by atoms with Gasteiger partial charge in [0.2, 0.25) is 5.91 Å². The summed E-state index contributed by atoms with van der Waals surface area (Å²) in [6.45, 7) is 6.60. The average molecular weight is 415 g/mol. The summed E-state index contributed by atoms with van der Waals surface area (Å²) in [5.41, 5.74) is 2.28. The summed E-state index contributed by atoms with van der Waals surface area (Å²) >= 11 is 0. The van der Waals surface area contributed by atoms with E-state index in [-0.39, 0.29) is 35.2 Å². The van der Waals surface area contributed by atoms with Gasteiger partial charge in [-0.15, -0.1) is 0 Å². The third-order valence-electron chi connectivity index (χ3n) is 5.90. The minimum absolute atomic E-state index is 0.00601. The average Bonchev–Trinajstić information content (AvgIpc) is 3.09. The lowest BCUT2D eigenvalue weighted by atomic mass is 9.88. The molecule has 2 heterocycles. The van der Waals surface area contributed by atoms with E-state index in [0.717, 1.165) is 5.56 Å². The number of nitrogens with one attached hydrogen (secondary N) is 1. The highest BCUT2D eigenvalue weighted by atomic mass is 19.1. The lowest BCUT2D eigenvalue weighted by molar-refractivity contribution is -0.135. The molecule has 0 aliphatic carbocycles. The second kappa shape index (κ2) is 7.99. The van der Waals surface area contributed by atoms with Crippen LogP contribution in [0.3, 0.4) is 0 Å². The molecule has 4 nitrogen and oxygen atoms in total. The molecule has 2 atom stereocenters. The molecule has 2 unspecified atom stereocenters. The van der Waals surface area contributed by atoms with E-state index in [2.05, 4.69) is 5.32 Å². The Morgan fingerprint density at radius 3 is 2.77 bits per heavy atom. The van der Waals surface area contributed by atoms with Crippen LogP contribution in [-0.4, -0.2) is 30.8 Å². The zero-order valence-electron chi connectivity index (χ0n) is 17.6. The Bertz CT molecular complexity index is 973. The van der Waals surface area contributed by atoms with E-state index >= 15 is 0 Å². The summed E-state index contributed by atoms with van der Waals surface area (Å²) in [6.07, 6.45) is 1.64. The van der Waals surface area contributed by atoms with Crippen LogP contribution in [0.4, 0.5) is 8.78 Å². The number of fused-ring (bicyclic) bond motifs is 1. The van der Waals surface area contributed by atoms with Crippen molar-refractivity contribution in [2.45, 2.75) is 51.7 Å². The van der Waals surface area contributed by atoms with E-state index < -0.39 is 0 Å². The molecule has 1 fully saturated rings. The van der Waals surface area contributed by atoms with Gasteiger partial charge in [0.1, 0.15) is 23.5 Å². The van der Waals surface area contributed by atoms with E-state index in [0.29, 0.717) is 54.9 Å². The van der Waals surface area contributed by atoms with Crippen molar-refractivity contribution in [3.05, 3.63) is 53.1 Å². The first kappa shape index (κ1) is 20.8. The summed E-state index contributed by atoms with van der Waals surface area (Å²) in [5.74, 6) is -0.124. The summed E-state index contributed by atoms with van der Waals surface area (Å²) in [7, 11) is 0. The maximum atomic E-state index is 14.2. The maximum absolute atomic E-state index is 14.2. The van der Waals surface area contributed by atoms with Crippen LogP contribution >= 0.6 is 0 Å². The highest BCUT2D eigenvalue weighted by Gasteiger charge is 2.34. The fraction of sp³-hybridized carbons (Fsp3) is 0.458. The molecule has 0 radical (unpaired) electrons. The van der Waals surface area contributed by atoms with Gasteiger partial charge < -0.3 is 14.8 Å². The summed E-state index contributed by atoms with van der Waals surface area (Å²) in [5, 5.41) is 2.99. The largest absolute Gasteiger partial charge is 0.487 e. The van der Waals surface area contributed by atoms with Gasteiger partial charge in [0.05, 0.1) is 12.1 Å². The number of rotatable bonds is 4. The van der Waals surface area contributed by atoms with Gasteiger partial charge in [0.15, 0.2) is 0 Å². The van der Waals surface area contributed by atoms with Crippen LogP contribution in [0.2, 0.25) is 0 Å². The zero-order chi connectivity index (χ0) is 21.5. The van der Waals surface area contributed by atoms with Crippen molar-refractivity contribution >= 4 is 5.91 Å². The molecular weight excluding hydrogens is 388 g/mol. The van der Waals surface area contributed by atoms with Crippen LogP contribution in [0.5, 0.6) is 5.75 Å². The van der Waals surface area contributed by atoms with E-state index in [1.165, 1.54) is 18.2 Å². The minimum atomic E-state index is -0.358. The lowest BCUT2D eigenvalue weighted by Gasteiger charge is -2.34. The molecule has 0 aromatic heterocycles. The number of carbonyl (C=O) groups is 1. The van der Waals surface area contributed by atoms with Gasteiger partial charge in [0.25, 0.3) is 0 Å². The molecule has 0 spiro atoms. The molecule has 0 saturated carbocycles. The van der Waals surface area contributed by atoms with Crippen LogP contribution in [0.1, 0.15) is 37.8 Å². The van der Waals surface area contributed by atoms with Gasteiger partial charge in [-0.25, -0.2) is 8.78 Å². The Labute approximate surface area is 175 Å². The Balaban J connectivity index is 1.45.